The number of benzene rings is 1. The van der Waals surface area contributed by atoms with Crippen molar-refractivity contribution >= 4 is 11.9 Å². The predicted octanol–water partition coefficient (Wildman–Crippen LogP) is 1.11. The maximum Gasteiger partial charge on any atom is 0.328 e. The van der Waals surface area contributed by atoms with E-state index in [2.05, 4.69) is 5.10 Å². The summed E-state index contributed by atoms with van der Waals surface area (Å²) < 4.78 is 6.87. The van der Waals surface area contributed by atoms with Crippen molar-refractivity contribution in [1.29, 1.82) is 0 Å². The number of carboxylic acids is 1. The normalized spacial score (nSPS) is 18.0. The minimum Gasteiger partial charge on any atom is -0.480 e. The molecule has 1 aromatic carbocycles. The van der Waals surface area contributed by atoms with Gasteiger partial charge in [0.1, 0.15) is 0 Å². The Morgan fingerprint density at radius 1 is 1.26 bits per heavy atom. The lowest BCUT2D eigenvalue weighted by Gasteiger charge is -2.32. The number of aryl methyl sites for hydroxylation is 1. The van der Waals surface area contributed by atoms with Crippen molar-refractivity contribution in [3.05, 3.63) is 47.8 Å². The van der Waals surface area contributed by atoms with Gasteiger partial charge in [-0.2, -0.15) is 5.10 Å². The van der Waals surface area contributed by atoms with Crippen LogP contribution >= 0.6 is 0 Å². The molecule has 1 aromatic heterocycles. The molecule has 1 unspecified atom stereocenters. The summed E-state index contributed by atoms with van der Waals surface area (Å²) in [5.74, 6) is -1.36. The number of aliphatic carboxylic acids is 1. The first-order valence-corrected chi connectivity index (χ1v) is 7.30. The molecule has 0 saturated carbocycles. The molecule has 23 heavy (non-hydrogen) atoms. The second-order valence-electron chi connectivity index (χ2n) is 5.38. The van der Waals surface area contributed by atoms with Crippen LogP contribution in [0.4, 0.5) is 0 Å². The van der Waals surface area contributed by atoms with Crippen LogP contribution in [0.3, 0.4) is 0 Å². The van der Waals surface area contributed by atoms with Crippen molar-refractivity contribution < 1.29 is 19.4 Å². The van der Waals surface area contributed by atoms with E-state index < -0.39 is 12.0 Å². The van der Waals surface area contributed by atoms with Crippen LogP contribution in [0, 0.1) is 6.92 Å². The van der Waals surface area contributed by atoms with Crippen molar-refractivity contribution in [2.24, 2.45) is 0 Å². The number of morpholine rings is 1. The summed E-state index contributed by atoms with van der Waals surface area (Å²) in [6.45, 7) is 2.54. The second kappa shape index (κ2) is 6.21. The molecule has 1 saturated heterocycles. The minimum absolute atomic E-state index is 0.0196. The third-order valence-electron chi connectivity index (χ3n) is 3.78. The molecule has 1 aliphatic rings. The summed E-state index contributed by atoms with van der Waals surface area (Å²) >= 11 is 0. The number of hydrogen-bond donors (Lipinski definition) is 1. The van der Waals surface area contributed by atoms with Crippen molar-refractivity contribution in [2.75, 3.05) is 19.8 Å². The SMILES string of the molecule is Cc1ccn(-c2ccc(C(=O)N3CCOCC3C(=O)O)cc2)n1. The van der Waals surface area contributed by atoms with Crippen LogP contribution in [0.2, 0.25) is 0 Å². The van der Waals surface area contributed by atoms with Crippen LogP contribution < -0.4 is 0 Å². The highest BCUT2D eigenvalue weighted by Crippen LogP contribution is 2.15. The Bertz CT molecular complexity index is 723. The molecule has 1 aliphatic heterocycles. The molecule has 7 heteroatoms. The molecule has 1 N–H and O–H groups in total. The summed E-state index contributed by atoms with van der Waals surface area (Å²) in [5.41, 5.74) is 2.19. The van der Waals surface area contributed by atoms with Gasteiger partial charge in [-0.3, -0.25) is 4.79 Å². The van der Waals surface area contributed by atoms with E-state index in [0.717, 1.165) is 11.4 Å². The van der Waals surface area contributed by atoms with Crippen molar-refractivity contribution in [3.8, 4) is 5.69 Å². The van der Waals surface area contributed by atoms with Gasteiger partial charge in [0.25, 0.3) is 5.91 Å². The first kappa shape index (κ1) is 15.2. The van der Waals surface area contributed by atoms with E-state index in [1.807, 2.05) is 19.2 Å². The van der Waals surface area contributed by atoms with E-state index in [1.165, 1.54) is 4.90 Å². The monoisotopic (exact) mass is 315 g/mol. The van der Waals surface area contributed by atoms with Gasteiger partial charge in [0.15, 0.2) is 6.04 Å². The molecule has 0 aliphatic carbocycles. The Balaban J connectivity index is 1.80. The number of carbonyl (C=O) groups is 2. The van der Waals surface area contributed by atoms with E-state index in [0.29, 0.717) is 12.2 Å². The van der Waals surface area contributed by atoms with E-state index in [-0.39, 0.29) is 19.1 Å². The zero-order chi connectivity index (χ0) is 16.4. The van der Waals surface area contributed by atoms with E-state index >= 15 is 0 Å². The van der Waals surface area contributed by atoms with Gasteiger partial charge in [0.05, 0.1) is 24.6 Å². The summed E-state index contributed by atoms with van der Waals surface area (Å²) in [7, 11) is 0. The number of carboxylic acid groups (broad SMARTS) is 1. The zero-order valence-corrected chi connectivity index (χ0v) is 12.7. The number of hydrogen-bond acceptors (Lipinski definition) is 4. The average molecular weight is 315 g/mol. The lowest BCUT2D eigenvalue weighted by Crippen LogP contribution is -2.52. The maximum atomic E-state index is 12.6. The Kier molecular flexibility index (Phi) is 4.12. The number of ether oxygens (including phenoxy) is 1. The largest absolute Gasteiger partial charge is 0.480 e. The van der Waals surface area contributed by atoms with Gasteiger partial charge >= 0.3 is 5.97 Å². The smallest absolute Gasteiger partial charge is 0.328 e. The van der Waals surface area contributed by atoms with E-state index in [9.17, 15) is 14.7 Å². The summed E-state index contributed by atoms with van der Waals surface area (Å²) in [6.07, 6.45) is 1.84. The fourth-order valence-electron chi connectivity index (χ4n) is 2.53. The lowest BCUT2D eigenvalue weighted by atomic mass is 10.1. The number of aromatic nitrogens is 2. The molecule has 2 heterocycles. The fraction of sp³-hybridized carbons (Fsp3) is 0.312. The molecule has 120 valence electrons. The highest BCUT2D eigenvalue weighted by Gasteiger charge is 2.33. The molecule has 1 fully saturated rings. The first-order chi connectivity index (χ1) is 11.1. The van der Waals surface area contributed by atoms with Gasteiger partial charge in [0.2, 0.25) is 0 Å². The second-order valence-corrected chi connectivity index (χ2v) is 5.38. The third-order valence-corrected chi connectivity index (χ3v) is 3.78. The first-order valence-electron chi connectivity index (χ1n) is 7.30. The fourth-order valence-corrected chi connectivity index (χ4v) is 2.53. The quantitative estimate of drug-likeness (QED) is 0.917. The number of carbonyl (C=O) groups excluding carboxylic acids is 1. The van der Waals surface area contributed by atoms with Crippen LogP contribution in [-0.4, -0.2) is 57.5 Å². The van der Waals surface area contributed by atoms with Crippen molar-refractivity contribution in [2.45, 2.75) is 13.0 Å². The van der Waals surface area contributed by atoms with E-state index in [1.54, 1.807) is 28.9 Å². The number of rotatable bonds is 3. The average Bonchev–Trinajstić information content (AvgIpc) is 3.01. The molecule has 1 amide bonds. The molecule has 1 atom stereocenters. The predicted molar refractivity (Wildman–Crippen MR) is 81.6 cm³/mol. The van der Waals surface area contributed by atoms with Crippen molar-refractivity contribution in [1.82, 2.24) is 14.7 Å². The highest BCUT2D eigenvalue weighted by atomic mass is 16.5. The van der Waals surface area contributed by atoms with Gasteiger partial charge in [-0.05, 0) is 37.3 Å². The topological polar surface area (TPSA) is 84.7 Å². The molecule has 7 nitrogen and oxygen atoms in total. The van der Waals surface area contributed by atoms with Gasteiger partial charge < -0.3 is 14.7 Å². The van der Waals surface area contributed by atoms with Gasteiger partial charge in [-0.15, -0.1) is 0 Å². The Morgan fingerprint density at radius 2 is 2.00 bits per heavy atom. The Labute approximate surface area is 133 Å². The maximum absolute atomic E-state index is 12.6. The standard InChI is InChI=1S/C16H17N3O4/c1-11-6-7-19(17-11)13-4-2-12(3-5-13)15(20)18-8-9-23-10-14(18)16(21)22/h2-7,14H,8-10H2,1H3,(H,21,22). The van der Waals surface area contributed by atoms with Crippen LogP contribution in [0.25, 0.3) is 5.69 Å². The number of nitrogens with zero attached hydrogens (tertiary/aromatic N) is 3. The third kappa shape index (κ3) is 3.09. The summed E-state index contributed by atoms with van der Waals surface area (Å²) in [6, 6.07) is 7.90. The molecule has 3 rings (SSSR count). The highest BCUT2D eigenvalue weighted by molar-refractivity contribution is 5.96. The Hall–Kier alpha value is -2.67. The lowest BCUT2D eigenvalue weighted by molar-refractivity contribution is -0.147. The van der Waals surface area contributed by atoms with Crippen LogP contribution in [-0.2, 0) is 9.53 Å². The number of amides is 1. The van der Waals surface area contributed by atoms with E-state index in [4.69, 9.17) is 4.74 Å². The molecule has 0 radical (unpaired) electrons. The summed E-state index contributed by atoms with van der Waals surface area (Å²) in [4.78, 5) is 25.2. The van der Waals surface area contributed by atoms with Crippen molar-refractivity contribution in [3.63, 3.8) is 0 Å². The van der Waals surface area contributed by atoms with Crippen LogP contribution in [0.1, 0.15) is 16.1 Å². The summed E-state index contributed by atoms with van der Waals surface area (Å²) in [5, 5.41) is 13.5. The minimum atomic E-state index is -1.05. The Morgan fingerprint density at radius 3 is 2.61 bits per heavy atom. The van der Waals surface area contributed by atoms with Gasteiger partial charge in [-0.1, -0.05) is 0 Å². The van der Waals surface area contributed by atoms with Gasteiger partial charge in [-0.25, -0.2) is 9.48 Å². The molecule has 0 bridgehead atoms. The molecular formula is C16H17N3O4. The van der Waals surface area contributed by atoms with Crippen LogP contribution in [0.15, 0.2) is 36.5 Å². The molecule has 0 spiro atoms. The molecule has 2 aromatic rings. The molecular weight excluding hydrogens is 298 g/mol. The van der Waals surface area contributed by atoms with Crippen LogP contribution in [0.5, 0.6) is 0 Å². The van der Waals surface area contributed by atoms with Gasteiger partial charge in [0, 0.05) is 18.3 Å². The zero-order valence-electron chi connectivity index (χ0n) is 12.7.